The summed E-state index contributed by atoms with van der Waals surface area (Å²) in [4.78, 5) is 21.3. The molecule has 5 nitrogen and oxygen atoms in total. The maximum Gasteiger partial charge on any atom is 0.261 e. The van der Waals surface area contributed by atoms with Gasteiger partial charge in [0.2, 0.25) is 5.88 Å². The molecule has 5 rings (SSSR count). The van der Waals surface area contributed by atoms with Crippen molar-refractivity contribution in [2.75, 3.05) is 20.2 Å². The summed E-state index contributed by atoms with van der Waals surface area (Å²) in [6, 6.07) is 8.40. The minimum atomic E-state index is 0.0447. The molecule has 3 saturated heterocycles. The lowest BCUT2D eigenvalue weighted by Crippen LogP contribution is -2.62. The Morgan fingerprint density at radius 1 is 1.28 bits per heavy atom. The number of ether oxygens (including phenoxy) is 1. The zero-order valence-corrected chi connectivity index (χ0v) is 15.4. The van der Waals surface area contributed by atoms with Gasteiger partial charge >= 0.3 is 0 Å². The standard InChI is InChI=1S/C19H23N3O2S/c1-12-18(13-7-9-22(12)10-8-13)21-19(23)16-5-4-15(25-16)14-3-6-17(24-2)20-11-14/h3-6,11-13,18H,7-10H2,1-2H3,(H,21,23)/t12-,18-/m0/s1. The molecule has 2 aromatic rings. The molecule has 6 heteroatoms. The molecule has 25 heavy (non-hydrogen) atoms. The molecule has 1 N–H and O–H groups in total. The summed E-state index contributed by atoms with van der Waals surface area (Å²) in [5.41, 5.74) is 1.00. The second-order valence-electron chi connectivity index (χ2n) is 6.87. The molecule has 0 spiro atoms. The molecular weight excluding hydrogens is 334 g/mol. The fourth-order valence-corrected chi connectivity index (χ4v) is 4.93. The van der Waals surface area contributed by atoms with E-state index in [9.17, 15) is 4.79 Å². The topological polar surface area (TPSA) is 54.5 Å². The van der Waals surface area contributed by atoms with Crippen LogP contribution in [0.1, 0.15) is 29.4 Å². The Labute approximate surface area is 152 Å². The molecule has 3 aliphatic heterocycles. The van der Waals surface area contributed by atoms with Crippen LogP contribution in [0.4, 0.5) is 0 Å². The molecule has 0 saturated carbocycles. The lowest BCUT2D eigenvalue weighted by atomic mass is 9.79. The van der Waals surface area contributed by atoms with Crippen molar-refractivity contribution in [3.05, 3.63) is 35.3 Å². The van der Waals surface area contributed by atoms with Gasteiger partial charge in [-0.2, -0.15) is 0 Å². The van der Waals surface area contributed by atoms with Crippen LogP contribution in [0.2, 0.25) is 0 Å². The molecule has 3 aliphatic rings. The SMILES string of the molecule is COc1ccc(-c2ccc(C(=O)N[C@@H]3C4CCN(CC4)[C@H]3C)s2)cn1. The van der Waals surface area contributed by atoms with Crippen LogP contribution in [-0.4, -0.2) is 48.1 Å². The highest BCUT2D eigenvalue weighted by Gasteiger charge is 2.40. The number of carbonyl (C=O) groups excluding carboxylic acids is 1. The van der Waals surface area contributed by atoms with E-state index in [-0.39, 0.29) is 11.9 Å². The quantitative estimate of drug-likeness (QED) is 0.914. The molecule has 2 bridgehead atoms. The average Bonchev–Trinajstić information content (AvgIpc) is 3.15. The number of piperidine rings is 3. The van der Waals surface area contributed by atoms with Gasteiger partial charge in [0.05, 0.1) is 12.0 Å². The Balaban J connectivity index is 1.47. The molecule has 3 fully saturated rings. The van der Waals surface area contributed by atoms with Gasteiger partial charge in [-0.25, -0.2) is 4.98 Å². The molecule has 1 amide bonds. The van der Waals surface area contributed by atoms with E-state index in [0.29, 0.717) is 17.8 Å². The first-order valence-corrected chi connectivity index (χ1v) is 9.62. The number of rotatable bonds is 4. The second-order valence-corrected chi connectivity index (χ2v) is 7.95. The highest BCUT2D eigenvalue weighted by Crippen LogP contribution is 2.33. The van der Waals surface area contributed by atoms with Gasteiger partial charge in [-0.05, 0) is 57.0 Å². The van der Waals surface area contributed by atoms with Crippen molar-refractivity contribution in [3.63, 3.8) is 0 Å². The van der Waals surface area contributed by atoms with Crippen LogP contribution in [0.25, 0.3) is 10.4 Å². The number of pyridine rings is 1. The number of carbonyl (C=O) groups is 1. The van der Waals surface area contributed by atoms with Gasteiger partial charge in [0, 0.05) is 34.8 Å². The highest BCUT2D eigenvalue weighted by atomic mass is 32.1. The molecule has 2 atom stereocenters. The highest BCUT2D eigenvalue weighted by molar-refractivity contribution is 7.17. The minimum absolute atomic E-state index is 0.0447. The summed E-state index contributed by atoms with van der Waals surface area (Å²) in [7, 11) is 1.60. The normalized spacial score (nSPS) is 27.9. The van der Waals surface area contributed by atoms with Crippen LogP contribution in [0.5, 0.6) is 5.88 Å². The zero-order valence-electron chi connectivity index (χ0n) is 14.6. The summed E-state index contributed by atoms with van der Waals surface area (Å²) in [6.45, 7) is 4.58. The summed E-state index contributed by atoms with van der Waals surface area (Å²) in [6.07, 6.45) is 4.17. The van der Waals surface area contributed by atoms with E-state index >= 15 is 0 Å². The lowest BCUT2D eigenvalue weighted by Gasteiger charge is -2.49. The smallest absolute Gasteiger partial charge is 0.261 e. The number of hydrogen-bond donors (Lipinski definition) is 1. The second kappa shape index (κ2) is 6.77. The van der Waals surface area contributed by atoms with Gasteiger partial charge in [-0.15, -0.1) is 11.3 Å². The first kappa shape index (κ1) is 16.5. The third-order valence-electron chi connectivity index (χ3n) is 5.54. The van der Waals surface area contributed by atoms with E-state index in [1.54, 1.807) is 13.3 Å². The van der Waals surface area contributed by atoms with Gasteiger partial charge in [-0.1, -0.05) is 0 Å². The van der Waals surface area contributed by atoms with Crippen molar-refractivity contribution < 1.29 is 9.53 Å². The zero-order chi connectivity index (χ0) is 17.4. The monoisotopic (exact) mass is 357 g/mol. The Morgan fingerprint density at radius 3 is 2.72 bits per heavy atom. The Hall–Kier alpha value is -1.92. The number of hydrogen-bond acceptors (Lipinski definition) is 5. The molecule has 2 aromatic heterocycles. The average molecular weight is 357 g/mol. The third kappa shape index (κ3) is 3.16. The van der Waals surface area contributed by atoms with Crippen molar-refractivity contribution in [1.82, 2.24) is 15.2 Å². The fourth-order valence-electron chi connectivity index (χ4n) is 4.03. The van der Waals surface area contributed by atoms with E-state index in [1.807, 2.05) is 24.3 Å². The predicted molar refractivity (Wildman–Crippen MR) is 99.1 cm³/mol. The van der Waals surface area contributed by atoms with Crippen molar-refractivity contribution in [3.8, 4) is 16.3 Å². The van der Waals surface area contributed by atoms with Gasteiger partial charge in [0.25, 0.3) is 5.91 Å². The Kier molecular flexibility index (Phi) is 4.48. The van der Waals surface area contributed by atoms with E-state index in [0.717, 1.165) is 15.3 Å². The van der Waals surface area contributed by atoms with E-state index < -0.39 is 0 Å². The van der Waals surface area contributed by atoms with Crippen LogP contribution in [0, 0.1) is 5.92 Å². The van der Waals surface area contributed by atoms with E-state index in [2.05, 4.69) is 22.1 Å². The van der Waals surface area contributed by atoms with Crippen molar-refractivity contribution in [2.45, 2.75) is 31.8 Å². The van der Waals surface area contributed by atoms with Crippen LogP contribution in [0.3, 0.4) is 0 Å². The molecule has 5 heterocycles. The summed E-state index contributed by atoms with van der Waals surface area (Å²) < 4.78 is 5.09. The first-order chi connectivity index (χ1) is 12.2. The van der Waals surface area contributed by atoms with Crippen molar-refractivity contribution in [1.29, 1.82) is 0 Å². The summed E-state index contributed by atoms with van der Waals surface area (Å²) in [5.74, 6) is 1.26. The molecule has 0 aliphatic carbocycles. The largest absolute Gasteiger partial charge is 0.481 e. The number of amides is 1. The van der Waals surface area contributed by atoms with Gasteiger partial charge in [-0.3, -0.25) is 9.69 Å². The maximum absolute atomic E-state index is 12.7. The van der Waals surface area contributed by atoms with E-state index in [4.69, 9.17) is 4.74 Å². The summed E-state index contributed by atoms with van der Waals surface area (Å²) >= 11 is 1.51. The van der Waals surface area contributed by atoms with Crippen molar-refractivity contribution >= 4 is 17.2 Å². The third-order valence-corrected chi connectivity index (χ3v) is 6.67. The van der Waals surface area contributed by atoms with E-state index in [1.165, 1.54) is 37.3 Å². The van der Waals surface area contributed by atoms with Crippen LogP contribution in [-0.2, 0) is 0 Å². The Morgan fingerprint density at radius 2 is 2.08 bits per heavy atom. The number of fused-ring (bicyclic) bond motifs is 3. The first-order valence-electron chi connectivity index (χ1n) is 8.81. The minimum Gasteiger partial charge on any atom is -0.481 e. The molecule has 0 radical (unpaired) electrons. The van der Waals surface area contributed by atoms with Crippen LogP contribution < -0.4 is 10.1 Å². The summed E-state index contributed by atoms with van der Waals surface area (Å²) in [5, 5.41) is 3.29. The van der Waals surface area contributed by atoms with Crippen LogP contribution >= 0.6 is 11.3 Å². The maximum atomic E-state index is 12.7. The number of nitrogens with zero attached hydrogens (tertiary/aromatic N) is 2. The fraction of sp³-hybridized carbons (Fsp3) is 0.474. The number of methoxy groups -OCH3 is 1. The molecule has 0 unspecified atom stereocenters. The van der Waals surface area contributed by atoms with Gasteiger partial charge in [0.15, 0.2) is 0 Å². The Bertz CT molecular complexity index is 748. The number of aromatic nitrogens is 1. The lowest BCUT2D eigenvalue weighted by molar-refractivity contribution is 0.0218. The molecule has 0 aromatic carbocycles. The van der Waals surface area contributed by atoms with Gasteiger partial charge < -0.3 is 10.1 Å². The van der Waals surface area contributed by atoms with Gasteiger partial charge in [0.1, 0.15) is 0 Å². The number of thiophene rings is 1. The van der Waals surface area contributed by atoms with Crippen molar-refractivity contribution in [2.24, 2.45) is 5.92 Å². The molecule has 132 valence electrons. The van der Waals surface area contributed by atoms with Crippen LogP contribution in [0.15, 0.2) is 30.5 Å². The molecular formula is C19H23N3O2S. The number of nitrogens with one attached hydrogen (secondary N) is 1. The predicted octanol–water partition coefficient (Wildman–Crippen LogP) is 3.03.